The van der Waals surface area contributed by atoms with Crippen LogP contribution in [-0.4, -0.2) is 49.8 Å². The molecule has 3 rings (SSSR count). The fourth-order valence-corrected chi connectivity index (χ4v) is 2.30. The Balaban J connectivity index is 2.04. The maximum Gasteiger partial charge on any atom is 0.160 e. The molecule has 0 radical (unpaired) electrons. The number of nitrogens with zero attached hydrogens (tertiary/aromatic N) is 3. The Bertz CT molecular complexity index is 605. The lowest BCUT2D eigenvalue weighted by Crippen LogP contribution is -2.30. The third-order valence-electron chi connectivity index (χ3n) is 3.30. The highest BCUT2D eigenvalue weighted by molar-refractivity contribution is 5.65. The molecule has 2 aromatic heterocycles. The van der Waals surface area contributed by atoms with Crippen LogP contribution in [0.25, 0.3) is 5.52 Å². The van der Waals surface area contributed by atoms with E-state index >= 15 is 0 Å². The minimum Gasteiger partial charge on any atom is -0.394 e. The van der Waals surface area contributed by atoms with E-state index in [1.54, 1.807) is 12.1 Å². The van der Waals surface area contributed by atoms with Crippen molar-refractivity contribution in [1.29, 1.82) is 0 Å². The van der Waals surface area contributed by atoms with Crippen LogP contribution in [-0.2, 0) is 4.74 Å². The van der Waals surface area contributed by atoms with Gasteiger partial charge in [0.2, 0.25) is 0 Å². The molecule has 0 aliphatic carbocycles. The van der Waals surface area contributed by atoms with E-state index < -0.39 is 31.1 Å². The fraction of sp³-hybridized carbons (Fsp3) is 0.455. The molecular formula is C11H13FN4O3. The second kappa shape index (κ2) is 4.41. The number of ether oxygens (including phenoxy) is 1. The zero-order valence-corrected chi connectivity index (χ0v) is 9.85. The molecule has 102 valence electrons. The summed E-state index contributed by atoms with van der Waals surface area (Å²) in [4.78, 5) is 3.83. The van der Waals surface area contributed by atoms with Gasteiger partial charge in [-0.2, -0.15) is 5.10 Å². The Hall–Kier alpha value is -1.77. The second-order valence-electron chi connectivity index (χ2n) is 4.41. The van der Waals surface area contributed by atoms with E-state index in [4.69, 9.17) is 15.6 Å². The molecule has 2 aromatic rings. The van der Waals surface area contributed by atoms with Gasteiger partial charge < -0.3 is 20.7 Å². The number of aliphatic hydroxyl groups excluding tert-OH is 2. The molecule has 1 aliphatic rings. The van der Waals surface area contributed by atoms with E-state index in [1.165, 1.54) is 10.8 Å². The highest BCUT2D eigenvalue weighted by Gasteiger charge is 2.45. The summed E-state index contributed by atoms with van der Waals surface area (Å²) in [6, 6.07) is 3.27. The van der Waals surface area contributed by atoms with Crippen molar-refractivity contribution in [2.75, 3.05) is 12.3 Å². The number of hydrogen-bond donors (Lipinski definition) is 3. The number of alkyl halides is 1. The molecule has 3 heterocycles. The van der Waals surface area contributed by atoms with Crippen molar-refractivity contribution in [3.05, 3.63) is 24.2 Å². The molecule has 1 fully saturated rings. The van der Waals surface area contributed by atoms with Gasteiger partial charge in [0.25, 0.3) is 0 Å². The lowest BCUT2D eigenvalue weighted by Gasteiger charge is -2.12. The van der Waals surface area contributed by atoms with Crippen LogP contribution in [0.1, 0.15) is 11.8 Å². The molecule has 0 aromatic carbocycles. The van der Waals surface area contributed by atoms with E-state index in [-0.39, 0.29) is 5.82 Å². The summed E-state index contributed by atoms with van der Waals surface area (Å²) < 4.78 is 20.8. The molecule has 0 saturated carbocycles. The van der Waals surface area contributed by atoms with E-state index in [0.717, 1.165) is 0 Å². The summed E-state index contributed by atoms with van der Waals surface area (Å²) in [6.45, 7) is -0.446. The van der Waals surface area contributed by atoms with Crippen LogP contribution in [0.5, 0.6) is 0 Å². The average Bonchev–Trinajstić information content (AvgIpc) is 2.94. The van der Waals surface area contributed by atoms with E-state index in [9.17, 15) is 9.50 Å². The van der Waals surface area contributed by atoms with Gasteiger partial charge in [0.15, 0.2) is 12.0 Å². The van der Waals surface area contributed by atoms with Crippen molar-refractivity contribution in [3.63, 3.8) is 0 Å². The Morgan fingerprint density at radius 2 is 2.26 bits per heavy atom. The molecule has 8 heteroatoms. The van der Waals surface area contributed by atoms with Crippen LogP contribution >= 0.6 is 0 Å². The van der Waals surface area contributed by atoms with Gasteiger partial charge in [-0.15, -0.1) is 0 Å². The van der Waals surface area contributed by atoms with Gasteiger partial charge in [0, 0.05) is 0 Å². The Kier molecular flexibility index (Phi) is 2.85. The topological polar surface area (TPSA) is 106 Å². The number of fused-ring (bicyclic) bond motifs is 1. The summed E-state index contributed by atoms with van der Waals surface area (Å²) in [5.41, 5.74) is 6.65. The molecule has 0 bridgehead atoms. The lowest BCUT2D eigenvalue weighted by molar-refractivity contribution is -0.0241. The zero-order chi connectivity index (χ0) is 13.6. The highest BCUT2D eigenvalue weighted by Crippen LogP contribution is 2.36. The van der Waals surface area contributed by atoms with Crippen LogP contribution < -0.4 is 5.73 Å². The Labute approximate surface area is 107 Å². The Morgan fingerprint density at radius 1 is 1.47 bits per heavy atom. The maximum absolute atomic E-state index is 14.0. The molecular weight excluding hydrogens is 255 g/mol. The van der Waals surface area contributed by atoms with Gasteiger partial charge in [-0.05, 0) is 12.1 Å². The van der Waals surface area contributed by atoms with E-state index in [2.05, 4.69) is 10.1 Å². The summed E-state index contributed by atoms with van der Waals surface area (Å²) in [5.74, 6) is 0.272. The first kappa shape index (κ1) is 12.3. The third-order valence-corrected chi connectivity index (χ3v) is 3.30. The predicted molar refractivity (Wildman–Crippen MR) is 63.0 cm³/mol. The van der Waals surface area contributed by atoms with Crippen LogP contribution in [0.3, 0.4) is 0 Å². The van der Waals surface area contributed by atoms with Crippen molar-refractivity contribution in [3.8, 4) is 0 Å². The molecule has 1 aliphatic heterocycles. The molecule has 7 nitrogen and oxygen atoms in total. The molecule has 0 amide bonds. The number of hydrogen-bond acceptors (Lipinski definition) is 6. The van der Waals surface area contributed by atoms with Crippen LogP contribution in [0, 0.1) is 0 Å². The number of nitrogens with two attached hydrogens (primary N) is 1. The third kappa shape index (κ3) is 1.76. The number of anilines is 1. The van der Waals surface area contributed by atoms with Gasteiger partial charge in [-0.25, -0.2) is 13.9 Å². The van der Waals surface area contributed by atoms with Crippen LogP contribution in [0.15, 0.2) is 18.5 Å². The maximum atomic E-state index is 14.0. The summed E-state index contributed by atoms with van der Waals surface area (Å²) in [5, 5.41) is 22.6. The van der Waals surface area contributed by atoms with Crippen molar-refractivity contribution in [2.24, 2.45) is 0 Å². The van der Waals surface area contributed by atoms with Gasteiger partial charge >= 0.3 is 0 Å². The monoisotopic (exact) mass is 268 g/mol. The predicted octanol–water partition coefficient (Wildman–Crippen LogP) is -0.557. The van der Waals surface area contributed by atoms with Crippen molar-refractivity contribution >= 4 is 11.3 Å². The molecule has 19 heavy (non-hydrogen) atoms. The number of nitrogen functional groups attached to an aromatic ring is 1. The minimum absolute atomic E-state index is 0.272. The standard InChI is InChI=1S/C11H13FN4O3/c12-8-9(18)7(3-17)19-10(8)5-1-2-6-11(13)14-4-15-16(5)6/h1-2,4,7-10,17-18H,3H2,(H2,13,14,15)/t7?,8-,9-,10+/m1/s1. The first-order valence-corrected chi connectivity index (χ1v) is 5.80. The van der Waals surface area contributed by atoms with Crippen molar-refractivity contribution < 1.29 is 19.3 Å². The van der Waals surface area contributed by atoms with E-state index in [0.29, 0.717) is 11.2 Å². The summed E-state index contributed by atoms with van der Waals surface area (Å²) in [7, 11) is 0. The van der Waals surface area contributed by atoms with Gasteiger partial charge in [0.1, 0.15) is 30.2 Å². The molecule has 0 spiro atoms. The molecule has 1 unspecified atom stereocenters. The lowest BCUT2D eigenvalue weighted by atomic mass is 10.1. The van der Waals surface area contributed by atoms with Gasteiger partial charge in [-0.1, -0.05) is 0 Å². The fourth-order valence-electron chi connectivity index (χ4n) is 2.30. The largest absolute Gasteiger partial charge is 0.394 e. The summed E-state index contributed by atoms with van der Waals surface area (Å²) >= 11 is 0. The number of halogens is 1. The number of rotatable bonds is 2. The smallest absolute Gasteiger partial charge is 0.160 e. The second-order valence-corrected chi connectivity index (χ2v) is 4.41. The quantitative estimate of drug-likeness (QED) is 0.674. The Morgan fingerprint density at radius 3 is 2.95 bits per heavy atom. The molecule has 4 atom stereocenters. The highest BCUT2D eigenvalue weighted by atomic mass is 19.1. The minimum atomic E-state index is -1.63. The molecule has 1 saturated heterocycles. The van der Waals surface area contributed by atoms with Crippen molar-refractivity contribution in [1.82, 2.24) is 14.6 Å². The normalized spacial score (nSPS) is 31.1. The SMILES string of the molecule is Nc1ncnn2c([C@@H]3OC(CO)[C@@H](O)[C@H]3F)ccc12. The zero-order valence-electron chi connectivity index (χ0n) is 9.85. The van der Waals surface area contributed by atoms with Gasteiger partial charge in [-0.3, -0.25) is 0 Å². The van der Waals surface area contributed by atoms with Crippen LogP contribution in [0.4, 0.5) is 10.2 Å². The van der Waals surface area contributed by atoms with E-state index in [1.807, 2.05) is 0 Å². The van der Waals surface area contributed by atoms with Gasteiger partial charge in [0.05, 0.1) is 12.3 Å². The first-order valence-electron chi connectivity index (χ1n) is 5.80. The summed E-state index contributed by atoms with van der Waals surface area (Å²) in [6.07, 6.45) is -3.67. The number of aromatic nitrogens is 3. The first-order chi connectivity index (χ1) is 9.13. The van der Waals surface area contributed by atoms with Crippen LogP contribution in [0.2, 0.25) is 0 Å². The molecule has 4 N–H and O–H groups in total. The average molecular weight is 268 g/mol. The van der Waals surface area contributed by atoms with Crippen molar-refractivity contribution in [2.45, 2.75) is 24.5 Å². The number of aliphatic hydroxyl groups is 2.